The van der Waals surface area contributed by atoms with Crippen LogP contribution in [0.15, 0.2) is 48.5 Å². The first-order valence-electron chi connectivity index (χ1n) is 10.6. The third kappa shape index (κ3) is 3.41. The number of nitrogens with one attached hydrogen (secondary N) is 1. The Bertz CT molecular complexity index is 1170. The van der Waals surface area contributed by atoms with Crippen molar-refractivity contribution in [2.75, 3.05) is 33.6 Å². The van der Waals surface area contributed by atoms with Gasteiger partial charge in [-0.15, -0.1) is 0 Å². The monoisotopic (exact) mass is 457 g/mol. The Kier molecular flexibility index (Phi) is 5.07. The summed E-state index contributed by atoms with van der Waals surface area (Å²) in [5.41, 5.74) is 5.82. The molecular weight excluding hydrogens is 430 g/mol. The third-order valence-corrected chi connectivity index (χ3v) is 7.78. The average Bonchev–Trinajstić information content (AvgIpc) is 3.26. The fourth-order valence-corrected chi connectivity index (χ4v) is 5.64. The number of hydrazine groups is 1. The second kappa shape index (κ2) is 7.68. The van der Waals surface area contributed by atoms with Gasteiger partial charge in [0.25, 0.3) is 0 Å². The van der Waals surface area contributed by atoms with Crippen molar-refractivity contribution in [2.45, 2.75) is 24.6 Å². The Morgan fingerprint density at radius 1 is 1.09 bits per heavy atom. The number of benzene rings is 2. The first kappa shape index (κ1) is 21.1. The maximum atomic E-state index is 12.1. The number of hydrogen-bond acceptors (Lipinski definition) is 7. The van der Waals surface area contributed by atoms with E-state index in [0.29, 0.717) is 37.4 Å². The van der Waals surface area contributed by atoms with Gasteiger partial charge in [0, 0.05) is 37.1 Å². The first-order chi connectivity index (χ1) is 15.3. The summed E-state index contributed by atoms with van der Waals surface area (Å²) in [6.07, 6.45) is 4.49. The van der Waals surface area contributed by atoms with Crippen LogP contribution in [0.1, 0.15) is 30.0 Å². The molecule has 1 N–H and O–H groups in total. The normalized spacial score (nSPS) is 22.3. The zero-order chi connectivity index (χ0) is 22.5. The molecule has 0 unspecified atom stereocenters. The molecule has 170 valence electrons. The Balaban J connectivity index is 1.56. The molecule has 5 rings (SSSR count). The van der Waals surface area contributed by atoms with Gasteiger partial charge >= 0.3 is 0 Å². The number of nitrogens with zero attached hydrogens (tertiary/aromatic N) is 2. The first-order valence-corrected chi connectivity index (χ1v) is 12.4. The maximum absolute atomic E-state index is 12.1. The predicted molar refractivity (Wildman–Crippen MR) is 121 cm³/mol. The lowest BCUT2D eigenvalue weighted by molar-refractivity contribution is -0.154. The van der Waals surface area contributed by atoms with Crippen LogP contribution >= 0.6 is 0 Å². The minimum absolute atomic E-state index is 0.0835. The van der Waals surface area contributed by atoms with E-state index in [9.17, 15) is 8.42 Å². The highest BCUT2D eigenvalue weighted by atomic mass is 32.2. The number of hydrogen-bond donors (Lipinski definition) is 1. The van der Waals surface area contributed by atoms with Crippen molar-refractivity contribution in [3.05, 3.63) is 59.7 Å². The minimum Gasteiger partial charge on any atom is -0.497 e. The Hall–Kier alpha value is -2.75. The Labute approximate surface area is 188 Å². The molecule has 1 saturated heterocycles. The summed E-state index contributed by atoms with van der Waals surface area (Å²) in [6, 6.07) is 13.7. The quantitative estimate of drug-likeness (QED) is 0.756. The predicted octanol–water partition coefficient (Wildman–Crippen LogP) is 2.75. The van der Waals surface area contributed by atoms with E-state index in [0.717, 1.165) is 22.6 Å². The van der Waals surface area contributed by atoms with Gasteiger partial charge in [0.1, 0.15) is 5.75 Å². The fourth-order valence-electron chi connectivity index (χ4n) is 4.79. The van der Waals surface area contributed by atoms with Gasteiger partial charge in [-0.2, -0.15) is 5.01 Å². The molecule has 1 atom stereocenters. The van der Waals surface area contributed by atoms with Crippen LogP contribution in [0.4, 0.5) is 0 Å². The molecule has 0 radical (unpaired) electrons. The van der Waals surface area contributed by atoms with Crippen molar-refractivity contribution in [2.24, 2.45) is 0 Å². The van der Waals surface area contributed by atoms with Crippen LogP contribution in [0, 0.1) is 0 Å². The van der Waals surface area contributed by atoms with Gasteiger partial charge in [-0.3, -0.25) is 0 Å². The highest BCUT2D eigenvalue weighted by molar-refractivity contribution is 7.88. The van der Waals surface area contributed by atoms with Crippen molar-refractivity contribution in [1.82, 2.24) is 14.7 Å². The van der Waals surface area contributed by atoms with Crippen LogP contribution in [0.5, 0.6) is 17.2 Å². The summed E-state index contributed by atoms with van der Waals surface area (Å²) >= 11 is 0. The SMILES string of the molecule is COc1cccc(C2=C[C@H]3c4cccc(OC)c4OC4(CCN(S(C)(=O)=O)CC4)N3N2)c1. The van der Waals surface area contributed by atoms with Gasteiger partial charge in [-0.1, -0.05) is 24.3 Å². The van der Waals surface area contributed by atoms with Crippen molar-refractivity contribution in [3.63, 3.8) is 0 Å². The van der Waals surface area contributed by atoms with Gasteiger partial charge in [-0.05, 0) is 24.3 Å². The van der Waals surface area contributed by atoms with Crippen LogP contribution in [0.2, 0.25) is 0 Å². The molecule has 8 nitrogen and oxygen atoms in total. The van der Waals surface area contributed by atoms with E-state index in [4.69, 9.17) is 14.2 Å². The minimum atomic E-state index is -3.25. The van der Waals surface area contributed by atoms with E-state index in [-0.39, 0.29) is 6.04 Å². The van der Waals surface area contributed by atoms with Crippen molar-refractivity contribution in [1.29, 1.82) is 0 Å². The molecule has 3 aliphatic rings. The number of fused-ring (bicyclic) bond motifs is 4. The summed E-state index contributed by atoms with van der Waals surface area (Å²) in [4.78, 5) is 0. The molecule has 0 saturated carbocycles. The molecule has 0 amide bonds. The number of para-hydroxylation sites is 1. The molecule has 1 spiro atoms. The second-order valence-electron chi connectivity index (χ2n) is 8.33. The third-order valence-electron chi connectivity index (χ3n) is 6.48. The summed E-state index contributed by atoms with van der Waals surface area (Å²) < 4.78 is 43.4. The zero-order valence-electron chi connectivity index (χ0n) is 18.4. The van der Waals surface area contributed by atoms with Crippen molar-refractivity contribution in [3.8, 4) is 17.2 Å². The van der Waals surface area contributed by atoms with Crippen LogP contribution in [0.25, 0.3) is 5.70 Å². The van der Waals surface area contributed by atoms with Gasteiger partial charge in [-0.25, -0.2) is 12.7 Å². The molecule has 0 aromatic heterocycles. The molecule has 32 heavy (non-hydrogen) atoms. The van der Waals surface area contributed by atoms with Crippen LogP contribution in [-0.2, 0) is 10.0 Å². The lowest BCUT2D eigenvalue weighted by Crippen LogP contribution is -2.64. The van der Waals surface area contributed by atoms with Crippen molar-refractivity contribution < 1.29 is 22.6 Å². The molecule has 2 aromatic carbocycles. The van der Waals surface area contributed by atoms with E-state index >= 15 is 0 Å². The van der Waals surface area contributed by atoms with Crippen LogP contribution in [-0.4, -0.2) is 57.0 Å². The number of rotatable bonds is 4. The number of methoxy groups -OCH3 is 2. The lowest BCUT2D eigenvalue weighted by atomic mass is 9.93. The number of piperidine rings is 1. The van der Waals surface area contributed by atoms with E-state index in [2.05, 4.69) is 16.5 Å². The van der Waals surface area contributed by atoms with Gasteiger partial charge in [0.15, 0.2) is 17.2 Å². The standard InChI is InChI=1S/C23H27N3O5S/c1-29-17-7-4-6-16(14-17)19-15-20-18-8-5-9-21(30-2)22(18)31-23(26(20)24-19)10-12-25(13-11-23)32(3,27)28/h4-9,14-15,20,24H,10-13H2,1-3H3/t20-/m0/s1. The molecule has 2 aromatic rings. The molecule has 3 aliphatic heterocycles. The molecule has 0 aliphatic carbocycles. The summed E-state index contributed by atoms with van der Waals surface area (Å²) in [5, 5.41) is 2.13. The fraction of sp³-hybridized carbons (Fsp3) is 0.391. The molecular formula is C23H27N3O5S. The Morgan fingerprint density at radius 3 is 2.53 bits per heavy atom. The van der Waals surface area contributed by atoms with Crippen LogP contribution in [0.3, 0.4) is 0 Å². The average molecular weight is 458 g/mol. The molecule has 1 fully saturated rings. The summed E-state index contributed by atoms with van der Waals surface area (Å²) in [6.45, 7) is 0.783. The summed E-state index contributed by atoms with van der Waals surface area (Å²) in [5.74, 6) is 2.17. The van der Waals surface area contributed by atoms with E-state index < -0.39 is 15.7 Å². The van der Waals surface area contributed by atoms with Gasteiger partial charge in [0.05, 0.1) is 32.2 Å². The molecule has 3 heterocycles. The lowest BCUT2D eigenvalue weighted by Gasteiger charge is -2.51. The van der Waals surface area contributed by atoms with Gasteiger partial charge < -0.3 is 19.6 Å². The summed E-state index contributed by atoms with van der Waals surface area (Å²) in [7, 11) is 0.0353. The number of sulfonamides is 1. The highest BCUT2D eigenvalue weighted by Crippen LogP contribution is 2.51. The Morgan fingerprint density at radius 2 is 1.84 bits per heavy atom. The van der Waals surface area contributed by atoms with Crippen molar-refractivity contribution >= 4 is 15.7 Å². The largest absolute Gasteiger partial charge is 0.497 e. The van der Waals surface area contributed by atoms with E-state index in [1.807, 2.05) is 42.5 Å². The van der Waals surface area contributed by atoms with Crippen LogP contribution < -0.4 is 19.6 Å². The van der Waals surface area contributed by atoms with E-state index in [1.165, 1.54) is 10.6 Å². The zero-order valence-corrected chi connectivity index (χ0v) is 19.2. The maximum Gasteiger partial charge on any atom is 0.211 e. The number of ether oxygens (including phenoxy) is 3. The topological polar surface area (TPSA) is 80.3 Å². The second-order valence-corrected chi connectivity index (χ2v) is 10.3. The molecule has 9 heteroatoms. The smallest absolute Gasteiger partial charge is 0.211 e. The molecule has 0 bridgehead atoms. The van der Waals surface area contributed by atoms with E-state index in [1.54, 1.807) is 14.2 Å². The van der Waals surface area contributed by atoms with Gasteiger partial charge in [0.2, 0.25) is 10.0 Å². The highest BCUT2D eigenvalue weighted by Gasteiger charge is 2.53.